The Morgan fingerprint density at radius 2 is 2.28 bits per heavy atom. The molecule has 1 fully saturated rings. The van der Waals surface area contributed by atoms with Crippen LogP contribution in [0.25, 0.3) is 0 Å². The molecule has 0 aliphatic carbocycles. The summed E-state index contributed by atoms with van der Waals surface area (Å²) in [5.74, 6) is -1.09. The van der Waals surface area contributed by atoms with Gasteiger partial charge in [0.1, 0.15) is 0 Å². The molecule has 0 atom stereocenters. The van der Waals surface area contributed by atoms with E-state index in [1.54, 1.807) is 0 Å². The fourth-order valence-electron chi connectivity index (χ4n) is 2.01. The molecule has 0 saturated carbocycles. The maximum atomic E-state index is 13.4. The van der Waals surface area contributed by atoms with Gasteiger partial charge in [-0.1, -0.05) is 0 Å². The Labute approximate surface area is 105 Å². The highest BCUT2D eigenvalue weighted by Gasteiger charge is 2.33. The monoisotopic (exact) mass is 253 g/mol. The molecular formula is C12H16FN3O2. The van der Waals surface area contributed by atoms with Gasteiger partial charge in [0, 0.05) is 26.0 Å². The number of carbonyl (C=O) groups is 1. The van der Waals surface area contributed by atoms with Crippen molar-refractivity contribution in [3.63, 3.8) is 0 Å². The first kappa shape index (κ1) is 12.9. The van der Waals surface area contributed by atoms with E-state index in [4.69, 9.17) is 10.5 Å². The predicted octanol–water partition coefficient (Wildman–Crippen LogP) is 0.458. The first-order valence-corrected chi connectivity index (χ1v) is 5.87. The molecule has 1 amide bonds. The van der Waals surface area contributed by atoms with Gasteiger partial charge in [-0.2, -0.15) is 0 Å². The van der Waals surface area contributed by atoms with Crippen molar-refractivity contribution >= 4 is 5.91 Å². The lowest BCUT2D eigenvalue weighted by Gasteiger charge is -2.36. The van der Waals surface area contributed by atoms with Gasteiger partial charge in [0.15, 0.2) is 5.82 Å². The molecule has 2 rings (SSSR count). The number of nitrogens with one attached hydrogen (secondary N) is 1. The van der Waals surface area contributed by atoms with Crippen LogP contribution in [-0.2, 0) is 4.74 Å². The molecule has 6 heteroatoms. The number of aromatic nitrogens is 1. The summed E-state index contributed by atoms with van der Waals surface area (Å²) in [6, 6.07) is 1.36. The van der Waals surface area contributed by atoms with Gasteiger partial charge < -0.3 is 15.8 Å². The SMILES string of the molecule is NCC1(NC(=O)c2ccncc2F)CCOCC1. The van der Waals surface area contributed by atoms with Gasteiger partial charge >= 0.3 is 0 Å². The maximum Gasteiger partial charge on any atom is 0.254 e. The Kier molecular flexibility index (Phi) is 3.88. The Morgan fingerprint density at radius 3 is 2.89 bits per heavy atom. The Bertz CT molecular complexity index is 433. The van der Waals surface area contributed by atoms with Crippen molar-refractivity contribution in [1.29, 1.82) is 0 Å². The highest BCUT2D eigenvalue weighted by atomic mass is 19.1. The smallest absolute Gasteiger partial charge is 0.254 e. The molecule has 5 nitrogen and oxygen atoms in total. The van der Waals surface area contributed by atoms with E-state index >= 15 is 0 Å². The largest absolute Gasteiger partial charge is 0.381 e. The van der Waals surface area contributed by atoms with Crippen LogP contribution in [0.1, 0.15) is 23.2 Å². The van der Waals surface area contributed by atoms with Crippen molar-refractivity contribution in [2.24, 2.45) is 5.73 Å². The van der Waals surface area contributed by atoms with Crippen LogP contribution < -0.4 is 11.1 Å². The Balaban J connectivity index is 2.13. The van der Waals surface area contributed by atoms with E-state index in [2.05, 4.69) is 10.3 Å². The Hall–Kier alpha value is -1.53. The minimum atomic E-state index is -0.630. The third-order valence-electron chi connectivity index (χ3n) is 3.24. The average Bonchev–Trinajstić information content (AvgIpc) is 2.40. The number of pyridine rings is 1. The topological polar surface area (TPSA) is 77.2 Å². The minimum Gasteiger partial charge on any atom is -0.381 e. The number of amides is 1. The summed E-state index contributed by atoms with van der Waals surface area (Å²) < 4.78 is 18.7. The number of hydrogen-bond donors (Lipinski definition) is 2. The number of hydrogen-bond acceptors (Lipinski definition) is 4. The van der Waals surface area contributed by atoms with Crippen molar-refractivity contribution < 1.29 is 13.9 Å². The van der Waals surface area contributed by atoms with E-state index in [9.17, 15) is 9.18 Å². The maximum absolute atomic E-state index is 13.4. The van der Waals surface area contributed by atoms with Gasteiger partial charge in [-0.05, 0) is 18.9 Å². The van der Waals surface area contributed by atoms with E-state index < -0.39 is 17.3 Å². The number of rotatable bonds is 3. The van der Waals surface area contributed by atoms with Gasteiger partial charge in [0.25, 0.3) is 5.91 Å². The second kappa shape index (κ2) is 5.41. The third kappa shape index (κ3) is 2.65. The summed E-state index contributed by atoms with van der Waals surface area (Å²) in [5.41, 5.74) is 5.22. The summed E-state index contributed by atoms with van der Waals surface area (Å²) in [6.45, 7) is 1.42. The molecule has 98 valence electrons. The normalized spacial score (nSPS) is 18.3. The zero-order chi connectivity index (χ0) is 13.0. The minimum absolute atomic E-state index is 0.00989. The molecule has 0 aromatic carbocycles. The van der Waals surface area contributed by atoms with Crippen LogP contribution in [0, 0.1) is 5.82 Å². The first-order chi connectivity index (χ1) is 8.67. The predicted molar refractivity (Wildman–Crippen MR) is 63.5 cm³/mol. The van der Waals surface area contributed by atoms with E-state index in [0.29, 0.717) is 32.6 Å². The average molecular weight is 253 g/mol. The van der Waals surface area contributed by atoms with Crippen molar-refractivity contribution in [2.75, 3.05) is 19.8 Å². The van der Waals surface area contributed by atoms with Crippen LogP contribution in [-0.4, -0.2) is 36.2 Å². The Morgan fingerprint density at radius 1 is 1.56 bits per heavy atom. The summed E-state index contributed by atoms with van der Waals surface area (Å²) in [6.07, 6.45) is 3.69. The lowest BCUT2D eigenvalue weighted by molar-refractivity contribution is 0.0387. The molecule has 1 aliphatic rings. The molecule has 1 aromatic rings. The zero-order valence-corrected chi connectivity index (χ0v) is 9.99. The summed E-state index contributed by atoms with van der Waals surface area (Å²) in [7, 11) is 0. The van der Waals surface area contributed by atoms with Crippen molar-refractivity contribution in [3.05, 3.63) is 29.8 Å². The van der Waals surface area contributed by atoms with E-state index in [1.165, 1.54) is 12.3 Å². The van der Waals surface area contributed by atoms with Crippen LogP contribution in [0.5, 0.6) is 0 Å². The quantitative estimate of drug-likeness (QED) is 0.820. The van der Waals surface area contributed by atoms with Crippen LogP contribution >= 0.6 is 0 Å². The number of halogens is 1. The highest BCUT2D eigenvalue weighted by Crippen LogP contribution is 2.20. The molecular weight excluding hydrogens is 237 g/mol. The molecule has 3 N–H and O–H groups in total. The zero-order valence-electron chi connectivity index (χ0n) is 9.99. The van der Waals surface area contributed by atoms with Gasteiger partial charge in [-0.15, -0.1) is 0 Å². The lowest BCUT2D eigenvalue weighted by atomic mass is 9.90. The van der Waals surface area contributed by atoms with Crippen molar-refractivity contribution in [2.45, 2.75) is 18.4 Å². The van der Waals surface area contributed by atoms with Crippen LogP contribution in [0.2, 0.25) is 0 Å². The molecule has 0 radical (unpaired) electrons. The molecule has 0 spiro atoms. The van der Waals surface area contributed by atoms with Gasteiger partial charge in [0.2, 0.25) is 0 Å². The van der Waals surface area contributed by atoms with E-state index in [1.807, 2.05) is 0 Å². The summed E-state index contributed by atoms with van der Waals surface area (Å²) >= 11 is 0. The molecule has 0 bridgehead atoms. The third-order valence-corrected chi connectivity index (χ3v) is 3.24. The number of nitrogens with zero attached hydrogens (tertiary/aromatic N) is 1. The first-order valence-electron chi connectivity index (χ1n) is 5.87. The lowest BCUT2D eigenvalue weighted by Crippen LogP contribution is -2.56. The van der Waals surface area contributed by atoms with Gasteiger partial charge in [-0.25, -0.2) is 4.39 Å². The highest BCUT2D eigenvalue weighted by molar-refractivity contribution is 5.94. The van der Waals surface area contributed by atoms with E-state index in [-0.39, 0.29) is 5.56 Å². The molecule has 18 heavy (non-hydrogen) atoms. The molecule has 1 aromatic heterocycles. The number of nitrogens with two attached hydrogens (primary N) is 1. The van der Waals surface area contributed by atoms with Crippen molar-refractivity contribution in [1.82, 2.24) is 10.3 Å². The summed E-state index contributed by atoms with van der Waals surface area (Å²) in [5, 5.41) is 2.83. The fourth-order valence-corrected chi connectivity index (χ4v) is 2.01. The standard InChI is InChI=1S/C12H16FN3O2/c13-10-7-15-4-1-9(10)11(17)16-12(8-14)2-5-18-6-3-12/h1,4,7H,2-3,5-6,8,14H2,(H,16,17). The molecule has 1 aliphatic heterocycles. The molecule has 2 heterocycles. The second-order valence-corrected chi connectivity index (χ2v) is 4.41. The van der Waals surface area contributed by atoms with Crippen molar-refractivity contribution in [3.8, 4) is 0 Å². The van der Waals surface area contributed by atoms with Crippen LogP contribution in [0.3, 0.4) is 0 Å². The van der Waals surface area contributed by atoms with Crippen LogP contribution in [0.15, 0.2) is 18.5 Å². The second-order valence-electron chi connectivity index (χ2n) is 4.41. The van der Waals surface area contributed by atoms with E-state index in [0.717, 1.165) is 6.20 Å². The number of carbonyl (C=O) groups excluding carboxylic acids is 1. The summed E-state index contributed by atoms with van der Waals surface area (Å²) in [4.78, 5) is 15.6. The van der Waals surface area contributed by atoms with Crippen LogP contribution in [0.4, 0.5) is 4.39 Å². The fraction of sp³-hybridized carbons (Fsp3) is 0.500. The molecule has 0 unspecified atom stereocenters. The van der Waals surface area contributed by atoms with Gasteiger partial charge in [0.05, 0.1) is 17.3 Å². The molecule has 1 saturated heterocycles. The number of ether oxygens (including phenoxy) is 1. The van der Waals surface area contributed by atoms with Gasteiger partial charge in [-0.3, -0.25) is 9.78 Å².